The van der Waals surface area contributed by atoms with Gasteiger partial charge in [0.25, 0.3) is 5.91 Å². The van der Waals surface area contributed by atoms with E-state index in [9.17, 15) is 13.2 Å². The first-order chi connectivity index (χ1) is 9.86. The van der Waals surface area contributed by atoms with E-state index in [2.05, 4.69) is 0 Å². The van der Waals surface area contributed by atoms with Crippen molar-refractivity contribution in [2.75, 3.05) is 6.54 Å². The van der Waals surface area contributed by atoms with Gasteiger partial charge in [0, 0.05) is 12.6 Å². The highest BCUT2D eigenvalue weighted by molar-refractivity contribution is 7.89. The molecule has 1 aliphatic rings. The van der Waals surface area contributed by atoms with Crippen LogP contribution in [0.3, 0.4) is 0 Å². The topological polar surface area (TPSA) is 80.5 Å². The summed E-state index contributed by atoms with van der Waals surface area (Å²) < 4.78 is 23.4. The van der Waals surface area contributed by atoms with Crippen LogP contribution in [0.1, 0.15) is 43.0 Å². The first-order valence-corrected chi connectivity index (χ1v) is 8.91. The minimum atomic E-state index is -4.00. The molecule has 116 valence electrons. The van der Waals surface area contributed by atoms with E-state index in [1.54, 1.807) is 4.90 Å². The zero-order chi connectivity index (χ0) is 15.6. The summed E-state index contributed by atoms with van der Waals surface area (Å²) in [6.45, 7) is 2.63. The molecule has 0 radical (unpaired) electrons. The molecule has 0 bridgehead atoms. The standard InChI is InChI=1S/C14H19ClN2O3S/c1-2-10-6-3-4-9-17(10)14(18)13-11(15)7-5-8-12(13)21(16,19)20/h5,7-8,10H,2-4,6,9H2,1H3,(H2,16,19,20). The van der Waals surface area contributed by atoms with Crippen LogP contribution >= 0.6 is 11.6 Å². The second kappa shape index (κ2) is 6.34. The smallest absolute Gasteiger partial charge is 0.257 e. The number of benzene rings is 1. The predicted octanol–water partition coefficient (Wildman–Crippen LogP) is 2.39. The molecule has 5 nitrogen and oxygen atoms in total. The maximum atomic E-state index is 12.8. The molecule has 1 amide bonds. The van der Waals surface area contributed by atoms with Crippen LogP contribution in [-0.4, -0.2) is 31.8 Å². The van der Waals surface area contributed by atoms with Crippen LogP contribution in [0, 0.1) is 0 Å². The summed E-state index contributed by atoms with van der Waals surface area (Å²) in [5.74, 6) is -0.351. The van der Waals surface area contributed by atoms with Gasteiger partial charge in [-0.1, -0.05) is 24.6 Å². The van der Waals surface area contributed by atoms with Crippen LogP contribution in [0.2, 0.25) is 5.02 Å². The Labute approximate surface area is 130 Å². The van der Waals surface area contributed by atoms with E-state index < -0.39 is 10.0 Å². The monoisotopic (exact) mass is 330 g/mol. The zero-order valence-corrected chi connectivity index (χ0v) is 13.5. The van der Waals surface area contributed by atoms with Crippen LogP contribution in [0.4, 0.5) is 0 Å². The molecule has 0 aromatic heterocycles. The van der Waals surface area contributed by atoms with Gasteiger partial charge in [0.2, 0.25) is 10.0 Å². The van der Waals surface area contributed by atoms with Gasteiger partial charge in [0.15, 0.2) is 0 Å². The predicted molar refractivity (Wildman–Crippen MR) is 81.8 cm³/mol. The van der Waals surface area contributed by atoms with Gasteiger partial charge in [-0.05, 0) is 37.8 Å². The average Bonchev–Trinajstić information content (AvgIpc) is 2.45. The lowest BCUT2D eigenvalue weighted by Gasteiger charge is -2.35. The van der Waals surface area contributed by atoms with E-state index in [1.165, 1.54) is 18.2 Å². The van der Waals surface area contributed by atoms with Crippen LogP contribution < -0.4 is 5.14 Å². The number of sulfonamides is 1. The van der Waals surface area contributed by atoms with Crippen molar-refractivity contribution in [1.82, 2.24) is 4.90 Å². The Morgan fingerprint density at radius 3 is 2.76 bits per heavy atom. The molecular weight excluding hydrogens is 312 g/mol. The molecule has 1 saturated heterocycles. The summed E-state index contributed by atoms with van der Waals surface area (Å²) in [7, 11) is -4.00. The molecule has 1 aliphatic heterocycles. The third-order valence-corrected chi connectivity index (χ3v) is 5.12. The minimum absolute atomic E-state index is 0.0120. The number of nitrogens with two attached hydrogens (primary N) is 1. The fraction of sp³-hybridized carbons (Fsp3) is 0.500. The number of halogens is 1. The lowest BCUT2D eigenvalue weighted by atomic mass is 9.99. The molecule has 1 fully saturated rings. The van der Waals surface area contributed by atoms with Crippen LogP contribution in [0.25, 0.3) is 0 Å². The van der Waals surface area contributed by atoms with Crippen molar-refractivity contribution in [2.45, 2.75) is 43.5 Å². The number of piperidine rings is 1. The summed E-state index contributed by atoms with van der Waals surface area (Å²) >= 11 is 6.07. The third kappa shape index (κ3) is 3.39. The van der Waals surface area contributed by atoms with Crippen molar-refractivity contribution in [3.8, 4) is 0 Å². The Morgan fingerprint density at radius 2 is 2.14 bits per heavy atom. The van der Waals surface area contributed by atoms with Gasteiger partial charge in [-0.2, -0.15) is 0 Å². The van der Waals surface area contributed by atoms with Gasteiger partial charge in [0.05, 0.1) is 15.5 Å². The van der Waals surface area contributed by atoms with E-state index in [-0.39, 0.29) is 27.4 Å². The number of hydrogen-bond donors (Lipinski definition) is 1. The molecule has 2 rings (SSSR count). The highest BCUT2D eigenvalue weighted by atomic mass is 35.5. The molecule has 21 heavy (non-hydrogen) atoms. The first kappa shape index (κ1) is 16.3. The molecule has 1 aromatic carbocycles. The van der Waals surface area contributed by atoms with Crippen molar-refractivity contribution >= 4 is 27.5 Å². The van der Waals surface area contributed by atoms with Crippen molar-refractivity contribution in [3.63, 3.8) is 0 Å². The fourth-order valence-electron chi connectivity index (χ4n) is 2.79. The van der Waals surface area contributed by atoms with Crippen molar-refractivity contribution in [3.05, 3.63) is 28.8 Å². The molecule has 1 unspecified atom stereocenters. The number of nitrogens with zero attached hydrogens (tertiary/aromatic N) is 1. The summed E-state index contributed by atoms with van der Waals surface area (Å²) in [5, 5.41) is 5.32. The highest BCUT2D eigenvalue weighted by Crippen LogP contribution is 2.28. The molecule has 0 saturated carbocycles. The molecular formula is C14H19ClN2O3S. The summed E-state index contributed by atoms with van der Waals surface area (Å²) in [4.78, 5) is 14.3. The second-order valence-electron chi connectivity index (χ2n) is 5.21. The van der Waals surface area contributed by atoms with Gasteiger partial charge >= 0.3 is 0 Å². The average molecular weight is 331 g/mol. The molecule has 2 N–H and O–H groups in total. The van der Waals surface area contributed by atoms with Crippen LogP contribution in [-0.2, 0) is 10.0 Å². The maximum Gasteiger partial charge on any atom is 0.257 e. The number of rotatable bonds is 3. The second-order valence-corrected chi connectivity index (χ2v) is 7.15. The number of primary sulfonamides is 1. The number of carbonyl (C=O) groups excluding carboxylic acids is 1. The van der Waals surface area contributed by atoms with E-state index in [1.807, 2.05) is 6.92 Å². The Balaban J connectivity index is 2.48. The highest BCUT2D eigenvalue weighted by Gasteiger charge is 2.31. The van der Waals surface area contributed by atoms with E-state index in [0.717, 1.165) is 25.7 Å². The summed E-state index contributed by atoms with van der Waals surface area (Å²) in [6, 6.07) is 4.43. The van der Waals surface area contributed by atoms with Crippen molar-refractivity contribution in [2.24, 2.45) is 5.14 Å². The van der Waals surface area contributed by atoms with Crippen molar-refractivity contribution in [1.29, 1.82) is 0 Å². The van der Waals surface area contributed by atoms with Crippen molar-refractivity contribution < 1.29 is 13.2 Å². The van der Waals surface area contributed by atoms with Gasteiger partial charge < -0.3 is 4.90 Å². The Hall–Kier alpha value is -1.11. The minimum Gasteiger partial charge on any atom is -0.336 e. The normalized spacial score (nSPS) is 19.6. The molecule has 1 atom stereocenters. The largest absolute Gasteiger partial charge is 0.336 e. The molecule has 1 heterocycles. The maximum absolute atomic E-state index is 12.8. The molecule has 1 aromatic rings. The number of amides is 1. The molecule has 0 spiro atoms. The quantitative estimate of drug-likeness (QED) is 0.924. The Morgan fingerprint density at radius 1 is 1.43 bits per heavy atom. The third-order valence-electron chi connectivity index (χ3n) is 3.86. The zero-order valence-electron chi connectivity index (χ0n) is 11.9. The van der Waals surface area contributed by atoms with E-state index in [4.69, 9.17) is 16.7 Å². The number of carbonyl (C=O) groups is 1. The van der Waals surface area contributed by atoms with E-state index >= 15 is 0 Å². The van der Waals surface area contributed by atoms with Crippen LogP contribution in [0.5, 0.6) is 0 Å². The van der Waals surface area contributed by atoms with Gasteiger partial charge in [-0.25, -0.2) is 13.6 Å². The summed E-state index contributed by atoms with van der Waals surface area (Å²) in [6.07, 6.45) is 3.75. The SMILES string of the molecule is CCC1CCCCN1C(=O)c1c(Cl)cccc1S(N)(=O)=O. The van der Waals surface area contributed by atoms with E-state index in [0.29, 0.717) is 6.54 Å². The Kier molecular flexibility index (Phi) is 4.91. The first-order valence-electron chi connectivity index (χ1n) is 6.98. The van der Waals surface area contributed by atoms with Gasteiger partial charge in [0.1, 0.15) is 0 Å². The summed E-state index contributed by atoms with van der Waals surface area (Å²) in [5.41, 5.74) is -0.0120. The Bertz CT molecular complexity index is 646. The lowest BCUT2D eigenvalue weighted by molar-refractivity contribution is 0.0604. The van der Waals surface area contributed by atoms with Gasteiger partial charge in [-0.3, -0.25) is 4.79 Å². The molecule has 0 aliphatic carbocycles. The van der Waals surface area contributed by atoms with Gasteiger partial charge in [-0.15, -0.1) is 0 Å². The molecule has 7 heteroatoms. The fourth-order valence-corrected chi connectivity index (χ4v) is 3.85. The van der Waals surface area contributed by atoms with Crippen LogP contribution in [0.15, 0.2) is 23.1 Å². The number of likely N-dealkylation sites (tertiary alicyclic amines) is 1. The lowest BCUT2D eigenvalue weighted by Crippen LogP contribution is -2.44. The number of hydrogen-bond acceptors (Lipinski definition) is 3.